The Morgan fingerprint density at radius 2 is 1.44 bits per heavy atom. The van der Waals surface area contributed by atoms with Crippen molar-refractivity contribution in [1.82, 2.24) is 5.32 Å². The summed E-state index contributed by atoms with van der Waals surface area (Å²) in [6.07, 6.45) is 0.529. The van der Waals surface area contributed by atoms with Gasteiger partial charge in [0.2, 0.25) is 5.78 Å². The maximum absolute atomic E-state index is 13.4. The van der Waals surface area contributed by atoms with Gasteiger partial charge in [-0.3, -0.25) is 9.59 Å². The van der Waals surface area contributed by atoms with Crippen LogP contribution in [0.2, 0.25) is 0 Å². The van der Waals surface area contributed by atoms with Gasteiger partial charge >= 0.3 is 0 Å². The molecule has 2 unspecified atom stereocenters. The minimum absolute atomic E-state index is 0.343. The summed E-state index contributed by atoms with van der Waals surface area (Å²) in [5.41, 5.74) is 3.13. The van der Waals surface area contributed by atoms with Gasteiger partial charge in [-0.05, 0) is 35.7 Å². The Hall–Kier alpha value is -3.40. The van der Waals surface area contributed by atoms with Gasteiger partial charge in [0.25, 0.3) is 5.91 Å². The van der Waals surface area contributed by atoms with Crippen molar-refractivity contribution in [3.63, 3.8) is 0 Å². The first-order valence-corrected chi connectivity index (χ1v) is 9.10. The zero-order valence-electron chi connectivity index (χ0n) is 14.5. The van der Waals surface area contributed by atoms with Crippen LogP contribution in [0.15, 0.2) is 78.9 Å². The van der Waals surface area contributed by atoms with Crippen LogP contribution < -0.4 is 10.2 Å². The van der Waals surface area contributed by atoms with Crippen LogP contribution >= 0.6 is 0 Å². The van der Waals surface area contributed by atoms with Crippen molar-refractivity contribution in [2.75, 3.05) is 4.90 Å². The van der Waals surface area contributed by atoms with Gasteiger partial charge in [-0.2, -0.15) is 0 Å². The molecule has 2 aliphatic heterocycles. The molecular weight excluding hydrogens is 336 g/mol. The third kappa shape index (κ3) is 1.44. The lowest BCUT2D eigenvalue weighted by Crippen LogP contribution is -2.56. The molecule has 27 heavy (non-hydrogen) atoms. The number of fused-ring (bicyclic) bond motifs is 2. The fourth-order valence-electron chi connectivity index (χ4n) is 5.40. The number of anilines is 2. The summed E-state index contributed by atoms with van der Waals surface area (Å²) in [5, 5.41) is 3.12. The average Bonchev–Trinajstić information content (AvgIpc) is 3.21. The molecule has 0 saturated carbocycles. The van der Waals surface area contributed by atoms with E-state index >= 15 is 0 Å². The van der Waals surface area contributed by atoms with Gasteiger partial charge in [0.1, 0.15) is 5.41 Å². The zero-order chi connectivity index (χ0) is 18.2. The predicted octanol–water partition coefficient (Wildman–Crippen LogP) is 3.18. The van der Waals surface area contributed by atoms with Gasteiger partial charge in [-0.25, -0.2) is 0 Å². The van der Waals surface area contributed by atoms with Crippen LogP contribution in [0.25, 0.3) is 0 Å². The van der Waals surface area contributed by atoms with Gasteiger partial charge in [0, 0.05) is 16.9 Å². The van der Waals surface area contributed by atoms with Crippen LogP contribution in [-0.2, 0) is 27.1 Å². The number of hydrogen-bond donors (Lipinski definition) is 1. The molecule has 3 aromatic carbocycles. The Morgan fingerprint density at radius 3 is 2.26 bits per heavy atom. The highest BCUT2D eigenvalue weighted by Crippen LogP contribution is 2.65. The van der Waals surface area contributed by atoms with Crippen molar-refractivity contribution < 1.29 is 9.59 Å². The molecule has 3 aliphatic rings. The topological polar surface area (TPSA) is 49.4 Å². The number of nitrogens with zero attached hydrogens (tertiary/aromatic N) is 1. The molecule has 1 aliphatic carbocycles. The summed E-state index contributed by atoms with van der Waals surface area (Å²) in [6, 6.07) is 26.0. The molecule has 6 rings (SSSR count). The van der Waals surface area contributed by atoms with Crippen molar-refractivity contribution in [1.29, 1.82) is 0 Å². The molecule has 1 saturated heterocycles. The van der Waals surface area contributed by atoms with Crippen LogP contribution in [-0.4, -0.2) is 11.7 Å². The monoisotopic (exact) mass is 352 g/mol. The molecule has 0 aromatic heterocycles. The number of benzene rings is 3. The molecule has 4 nitrogen and oxygen atoms in total. The number of carbonyl (C=O) groups is 2. The quantitative estimate of drug-likeness (QED) is 0.685. The molecule has 2 heterocycles. The first-order valence-electron chi connectivity index (χ1n) is 9.10. The lowest BCUT2D eigenvalue weighted by Gasteiger charge is -2.41. The highest BCUT2D eigenvalue weighted by atomic mass is 16.2. The van der Waals surface area contributed by atoms with Crippen molar-refractivity contribution in [2.24, 2.45) is 0 Å². The Balaban J connectivity index is 1.78. The molecule has 3 aromatic rings. The average molecular weight is 352 g/mol. The van der Waals surface area contributed by atoms with E-state index in [1.165, 1.54) is 0 Å². The van der Waals surface area contributed by atoms with E-state index in [0.29, 0.717) is 6.42 Å². The smallest absolute Gasteiger partial charge is 0.290 e. The second-order valence-electron chi connectivity index (χ2n) is 7.42. The van der Waals surface area contributed by atoms with Crippen LogP contribution in [0.4, 0.5) is 11.4 Å². The normalized spacial score (nSPS) is 27.0. The number of Topliss-reactive ketones (excluding diaryl/α,β-unsaturated/α-hetero) is 1. The van der Waals surface area contributed by atoms with Crippen molar-refractivity contribution >= 4 is 23.1 Å². The molecule has 1 amide bonds. The number of nitrogens with one attached hydrogen (secondary N) is 1. The van der Waals surface area contributed by atoms with Crippen LogP contribution in [0, 0.1) is 0 Å². The maximum atomic E-state index is 13.4. The molecular formula is C23H16N2O2. The van der Waals surface area contributed by atoms with Crippen molar-refractivity contribution in [3.8, 4) is 0 Å². The standard InChI is InChI=1S/C23H16N2O2/c26-20-21(27)24-23-17-11-5-4-8-15(17)14-22(20,23)18-12-6-7-13-19(18)25(23)16-9-2-1-3-10-16/h1-13H,14H2,(H,24,27). The largest absolute Gasteiger partial charge is 0.321 e. The number of hydrogen-bond acceptors (Lipinski definition) is 3. The van der Waals surface area contributed by atoms with Gasteiger partial charge in [-0.1, -0.05) is 60.7 Å². The van der Waals surface area contributed by atoms with E-state index in [4.69, 9.17) is 0 Å². The van der Waals surface area contributed by atoms with Crippen molar-refractivity contribution in [2.45, 2.75) is 17.5 Å². The summed E-state index contributed by atoms with van der Waals surface area (Å²) >= 11 is 0. The first-order chi connectivity index (χ1) is 13.2. The zero-order valence-corrected chi connectivity index (χ0v) is 14.5. The fraction of sp³-hybridized carbons (Fsp3) is 0.130. The summed E-state index contributed by atoms with van der Waals surface area (Å²) in [6.45, 7) is 0. The van der Waals surface area contributed by atoms with E-state index in [1.807, 2.05) is 72.8 Å². The van der Waals surface area contributed by atoms with E-state index < -0.39 is 17.0 Å². The minimum Gasteiger partial charge on any atom is -0.321 e. The summed E-state index contributed by atoms with van der Waals surface area (Å²) < 4.78 is 0. The third-order valence-electron chi connectivity index (χ3n) is 6.32. The van der Waals surface area contributed by atoms with Gasteiger partial charge in [-0.15, -0.1) is 0 Å². The molecule has 1 fully saturated rings. The number of carbonyl (C=O) groups excluding carboxylic acids is 2. The molecule has 0 spiro atoms. The molecule has 0 bridgehead atoms. The molecule has 4 heteroatoms. The Labute approximate surface area is 156 Å². The van der Waals surface area contributed by atoms with Gasteiger partial charge in [0.05, 0.1) is 0 Å². The van der Waals surface area contributed by atoms with E-state index in [0.717, 1.165) is 28.1 Å². The third-order valence-corrected chi connectivity index (χ3v) is 6.32. The van der Waals surface area contributed by atoms with Gasteiger partial charge in [0.15, 0.2) is 5.66 Å². The Bertz CT molecular complexity index is 1140. The van der Waals surface area contributed by atoms with Crippen LogP contribution in [0.1, 0.15) is 16.7 Å². The lowest BCUT2D eigenvalue weighted by atomic mass is 9.72. The van der Waals surface area contributed by atoms with Crippen molar-refractivity contribution in [3.05, 3.63) is 95.6 Å². The highest BCUT2D eigenvalue weighted by molar-refractivity contribution is 6.44. The summed E-state index contributed by atoms with van der Waals surface area (Å²) in [5.74, 6) is -0.843. The van der Waals surface area contributed by atoms with E-state index in [2.05, 4.69) is 16.3 Å². The predicted molar refractivity (Wildman–Crippen MR) is 102 cm³/mol. The fourth-order valence-corrected chi connectivity index (χ4v) is 5.40. The second-order valence-corrected chi connectivity index (χ2v) is 7.42. The molecule has 0 radical (unpaired) electrons. The summed E-state index contributed by atoms with van der Waals surface area (Å²) in [7, 11) is 0. The van der Waals surface area contributed by atoms with Crippen LogP contribution in [0.3, 0.4) is 0 Å². The lowest BCUT2D eigenvalue weighted by molar-refractivity contribution is -0.137. The number of para-hydroxylation sites is 2. The maximum Gasteiger partial charge on any atom is 0.290 e. The second kappa shape index (κ2) is 4.65. The number of rotatable bonds is 1. The number of amides is 1. The summed E-state index contributed by atoms with van der Waals surface area (Å²) in [4.78, 5) is 28.2. The molecule has 2 atom stereocenters. The van der Waals surface area contributed by atoms with E-state index in [-0.39, 0.29) is 5.78 Å². The van der Waals surface area contributed by atoms with E-state index in [1.54, 1.807) is 0 Å². The first kappa shape index (κ1) is 14.7. The van der Waals surface area contributed by atoms with Crippen LogP contribution in [0.5, 0.6) is 0 Å². The molecule has 130 valence electrons. The van der Waals surface area contributed by atoms with E-state index in [9.17, 15) is 9.59 Å². The highest BCUT2D eigenvalue weighted by Gasteiger charge is 2.76. The van der Waals surface area contributed by atoms with Gasteiger partial charge < -0.3 is 10.2 Å². The molecule has 1 N–H and O–H groups in total. The Morgan fingerprint density at radius 1 is 0.778 bits per heavy atom. The minimum atomic E-state index is -0.930. The SMILES string of the molecule is O=C1NC23c4ccccc4CC2(C1=O)c1ccccc1N3c1ccccc1. The Kier molecular flexibility index (Phi) is 2.54. The number of ketones is 1.